The minimum absolute atomic E-state index is 0.127. The van der Waals surface area contributed by atoms with Gasteiger partial charge in [-0.15, -0.1) is 0 Å². The summed E-state index contributed by atoms with van der Waals surface area (Å²) in [7, 11) is 0. The molecule has 0 aliphatic heterocycles. The fraction of sp³-hybridized carbons (Fsp3) is 0. The number of halogens is 2. The van der Waals surface area contributed by atoms with Crippen molar-refractivity contribution in [3.05, 3.63) is 59.9 Å². The third kappa shape index (κ3) is 2.84. The molecular weight excluding hydrogens is 226 g/mol. The van der Waals surface area contributed by atoms with Crippen LogP contribution in [0.15, 0.2) is 42.6 Å². The Hall–Kier alpha value is -2.30. The Kier molecular flexibility index (Phi) is 3.09. The van der Waals surface area contributed by atoms with Crippen molar-refractivity contribution in [1.29, 1.82) is 0 Å². The molecule has 2 aromatic rings. The van der Waals surface area contributed by atoms with E-state index in [1.807, 2.05) is 0 Å². The molecule has 0 spiro atoms. The topological polar surface area (TPSA) is 42.0 Å². The summed E-state index contributed by atoms with van der Waals surface area (Å²) in [6.45, 7) is 0. The second kappa shape index (κ2) is 4.69. The normalized spacial score (nSPS) is 10.0. The zero-order valence-corrected chi connectivity index (χ0v) is 8.65. The average Bonchev–Trinajstić information content (AvgIpc) is 2.29. The first-order chi connectivity index (χ1) is 8.15. The van der Waals surface area contributed by atoms with Crippen molar-refractivity contribution in [1.82, 2.24) is 4.98 Å². The van der Waals surface area contributed by atoms with Crippen LogP contribution in [0.25, 0.3) is 0 Å². The lowest BCUT2D eigenvalue weighted by Gasteiger charge is -2.04. The molecule has 5 heteroatoms. The van der Waals surface area contributed by atoms with Gasteiger partial charge in [0.15, 0.2) is 0 Å². The smallest absolute Gasteiger partial charge is 0.255 e. The predicted molar refractivity (Wildman–Crippen MR) is 58.5 cm³/mol. The summed E-state index contributed by atoms with van der Waals surface area (Å²) in [6.07, 6.45) is 1.19. The van der Waals surface area contributed by atoms with Crippen molar-refractivity contribution in [3.8, 4) is 0 Å². The quantitative estimate of drug-likeness (QED) is 0.811. The van der Waals surface area contributed by atoms with E-state index < -0.39 is 17.7 Å². The maximum absolute atomic E-state index is 12.9. The Balaban J connectivity index is 2.17. The summed E-state index contributed by atoms with van der Waals surface area (Å²) in [6, 6.07) is 7.83. The van der Waals surface area contributed by atoms with Gasteiger partial charge in [-0.25, -0.2) is 9.37 Å². The third-order valence-electron chi connectivity index (χ3n) is 2.07. The van der Waals surface area contributed by atoms with Crippen molar-refractivity contribution in [3.63, 3.8) is 0 Å². The van der Waals surface area contributed by atoms with Crippen LogP contribution in [-0.4, -0.2) is 10.9 Å². The Morgan fingerprint density at radius 3 is 2.71 bits per heavy atom. The summed E-state index contributed by atoms with van der Waals surface area (Å²) in [5, 5.41) is 2.45. The molecule has 0 atom stereocenters. The largest absolute Gasteiger partial charge is 0.322 e. The fourth-order valence-corrected chi connectivity index (χ4v) is 1.31. The Bertz CT molecular complexity index is 558. The lowest BCUT2D eigenvalue weighted by Crippen LogP contribution is -2.12. The second-order valence-corrected chi connectivity index (χ2v) is 3.33. The van der Waals surface area contributed by atoms with E-state index >= 15 is 0 Å². The Morgan fingerprint density at radius 2 is 2.00 bits per heavy atom. The number of anilines is 1. The molecule has 86 valence electrons. The molecule has 1 amide bonds. The van der Waals surface area contributed by atoms with Gasteiger partial charge in [0.1, 0.15) is 5.82 Å². The molecule has 1 heterocycles. The van der Waals surface area contributed by atoms with Gasteiger partial charge in [-0.05, 0) is 24.3 Å². The van der Waals surface area contributed by atoms with Crippen LogP contribution in [-0.2, 0) is 0 Å². The zero-order valence-electron chi connectivity index (χ0n) is 8.65. The fourth-order valence-electron chi connectivity index (χ4n) is 1.31. The molecule has 3 nitrogen and oxygen atoms in total. The van der Waals surface area contributed by atoms with Crippen molar-refractivity contribution in [2.24, 2.45) is 0 Å². The molecule has 1 aromatic carbocycles. The van der Waals surface area contributed by atoms with Crippen LogP contribution in [0.1, 0.15) is 10.4 Å². The first kappa shape index (κ1) is 11.2. The molecule has 0 bridgehead atoms. The number of rotatable bonds is 2. The lowest BCUT2D eigenvalue weighted by molar-refractivity contribution is 0.102. The van der Waals surface area contributed by atoms with E-state index in [9.17, 15) is 13.6 Å². The van der Waals surface area contributed by atoms with Gasteiger partial charge < -0.3 is 5.32 Å². The molecule has 1 aromatic heterocycles. The Labute approximate surface area is 96.1 Å². The number of hydrogen-bond acceptors (Lipinski definition) is 2. The van der Waals surface area contributed by atoms with E-state index in [0.29, 0.717) is 5.69 Å². The highest BCUT2D eigenvalue weighted by molar-refractivity contribution is 6.04. The van der Waals surface area contributed by atoms with Gasteiger partial charge >= 0.3 is 0 Å². The van der Waals surface area contributed by atoms with E-state index in [2.05, 4.69) is 10.3 Å². The predicted octanol–water partition coefficient (Wildman–Crippen LogP) is 2.61. The van der Waals surface area contributed by atoms with Crippen molar-refractivity contribution in [2.45, 2.75) is 0 Å². The van der Waals surface area contributed by atoms with E-state index in [1.165, 1.54) is 30.5 Å². The molecule has 17 heavy (non-hydrogen) atoms. The van der Waals surface area contributed by atoms with Gasteiger partial charge in [-0.3, -0.25) is 4.79 Å². The minimum Gasteiger partial charge on any atom is -0.322 e. The average molecular weight is 234 g/mol. The minimum atomic E-state index is -0.739. The van der Waals surface area contributed by atoms with Gasteiger partial charge in [0, 0.05) is 23.5 Å². The number of benzene rings is 1. The third-order valence-corrected chi connectivity index (χ3v) is 2.07. The highest BCUT2D eigenvalue weighted by Crippen LogP contribution is 2.11. The van der Waals surface area contributed by atoms with Gasteiger partial charge in [0.05, 0.1) is 0 Å². The summed E-state index contributed by atoms with van der Waals surface area (Å²) in [5.74, 6) is -1.71. The molecule has 2 rings (SSSR count). The van der Waals surface area contributed by atoms with Crippen LogP contribution in [0.2, 0.25) is 0 Å². The highest BCUT2D eigenvalue weighted by atomic mass is 19.1. The molecule has 0 fully saturated rings. The van der Waals surface area contributed by atoms with Crippen molar-refractivity contribution >= 4 is 11.6 Å². The number of carbonyl (C=O) groups excluding carboxylic acids is 1. The summed E-state index contributed by atoms with van der Waals surface area (Å²) >= 11 is 0. The van der Waals surface area contributed by atoms with Gasteiger partial charge in [0.25, 0.3) is 5.91 Å². The number of amides is 1. The number of nitrogens with zero attached hydrogens (tertiary/aromatic N) is 1. The monoisotopic (exact) mass is 234 g/mol. The van der Waals surface area contributed by atoms with E-state index in [0.717, 1.165) is 6.07 Å². The SMILES string of the molecule is O=C(Nc1cccc(F)c1)c1ccnc(F)c1. The first-order valence-corrected chi connectivity index (χ1v) is 4.83. The number of aromatic nitrogens is 1. The van der Waals surface area contributed by atoms with Crippen LogP contribution < -0.4 is 5.32 Å². The standard InChI is InChI=1S/C12H8F2N2O/c13-9-2-1-3-10(7-9)16-12(17)8-4-5-15-11(14)6-8/h1-7H,(H,16,17). The number of carbonyl (C=O) groups is 1. The molecule has 0 aliphatic rings. The van der Waals surface area contributed by atoms with Gasteiger partial charge in [-0.2, -0.15) is 4.39 Å². The maximum atomic E-state index is 12.9. The van der Waals surface area contributed by atoms with Crippen LogP contribution in [0.3, 0.4) is 0 Å². The Morgan fingerprint density at radius 1 is 1.18 bits per heavy atom. The van der Waals surface area contributed by atoms with E-state index in [1.54, 1.807) is 6.07 Å². The number of pyridine rings is 1. The highest BCUT2D eigenvalue weighted by Gasteiger charge is 2.07. The van der Waals surface area contributed by atoms with E-state index in [-0.39, 0.29) is 5.56 Å². The molecular formula is C12H8F2N2O. The summed E-state index contributed by atoms with van der Waals surface area (Å²) in [5.41, 5.74) is 0.439. The molecule has 0 saturated heterocycles. The molecule has 0 saturated carbocycles. The second-order valence-electron chi connectivity index (χ2n) is 3.33. The van der Waals surface area contributed by atoms with Gasteiger partial charge in [-0.1, -0.05) is 6.07 Å². The van der Waals surface area contributed by atoms with E-state index in [4.69, 9.17) is 0 Å². The zero-order chi connectivity index (χ0) is 12.3. The summed E-state index contributed by atoms with van der Waals surface area (Å²) < 4.78 is 25.6. The van der Waals surface area contributed by atoms with Crippen LogP contribution in [0.5, 0.6) is 0 Å². The molecule has 0 unspecified atom stereocenters. The summed E-state index contributed by atoms with van der Waals surface area (Å²) in [4.78, 5) is 15.0. The maximum Gasteiger partial charge on any atom is 0.255 e. The van der Waals surface area contributed by atoms with Crippen molar-refractivity contribution in [2.75, 3.05) is 5.32 Å². The van der Waals surface area contributed by atoms with Gasteiger partial charge in [0.2, 0.25) is 5.95 Å². The lowest BCUT2D eigenvalue weighted by atomic mass is 10.2. The molecule has 0 radical (unpaired) electrons. The number of hydrogen-bond donors (Lipinski definition) is 1. The molecule has 1 N–H and O–H groups in total. The van der Waals surface area contributed by atoms with Crippen LogP contribution in [0, 0.1) is 11.8 Å². The van der Waals surface area contributed by atoms with Crippen molar-refractivity contribution < 1.29 is 13.6 Å². The molecule has 0 aliphatic carbocycles. The van der Waals surface area contributed by atoms with Crippen LogP contribution in [0.4, 0.5) is 14.5 Å². The van der Waals surface area contributed by atoms with Crippen LogP contribution >= 0.6 is 0 Å². The number of nitrogens with one attached hydrogen (secondary N) is 1. The first-order valence-electron chi connectivity index (χ1n) is 4.83.